The van der Waals surface area contributed by atoms with E-state index in [0.29, 0.717) is 24.0 Å². The predicted molar refractivity (Wildman–Crippen MR) is 93.8 cm³/mol. The highest BCUT2D eigenvalue weighted by molar-refractivity contribution is 5.90. The Balaban J connectivity index is 1.85. The van der Waals surface area contributed by atoms with Gasteiger partial charge in [0.05, 0.1) is 6.10 Å². The zero-order valence-electron chi connectivity index (χ0n) is 15.6. The van der Waals surface area contributed by atoms with Gasteiger partial charge in [0.25, 0.3) is 0 Å². The molecular weight excluding hydrogens is 336 g/mol. The molecule has 0 aromatic rings. The van der Waals surface area contributed by atoms with Crippen LogP contribution in [0.2, 0.25) is 0 Å². The lowest BCUT2D eigenvalue weighted by atomic mass is 9.53. The van der Waals surface area contributed by atoms with Crippen LogP contribution in [0.15, 0.2) is 24.3 Å². The van der Waals surface area contributed by atoms with Crippen LogP contribution in [0.25, 0.3) is 0 Å². The van der Waals surface area contributed by atoms with Gasteiger partial charge in [-0.1, -0.05) is 33.9 Å². The normalized spacial score (nSPS) is 42.3. The van der Waals surface area contributed by atoms with Gasteiger partial charge in [-0.2, -0.15) is 0 Å². The van der Waals surface area contributed by atoms with E-state index in [2.05, 4.69) is 13.2 Å². The molecule has 2 saturated carbocycles. The molecule has 1 saturated heterocycles. The molecule has 6 nitrogen and oxygen atoms in total. The number of aliphatic hydroxyl groups is 2. The summed E-state index contributed by atoms with van der Waals surface area (Å²) in [5.74, 6) is -1.07. The van der Waals surface area contributed by atoms with Gasteiger partial charge >= 0.3 is 11.9 Å². The topological polar surface area (TPSA) is 93.1 Å². The van der Waals surface area contributed by atoms with Gasteiger partial charge in [0.2, 0.25) is 0 Å². The van der Waals surface area contributed by atoms with Crippen molar-refractivity contribution in [2.24, 2.45) is 23.2 Å². The maximum Gasteiger partial charge on any atom is 0.334 e. The summed E-state index contributed by atoms with van der Waals surface area (Å²) in [4.78, 5) is 24.0. The standard InChI is InChI=1S/C20H28O6/c1-9(2)6-15(21)26-17-16(22)11(4)13-7-12-10(3)19(24)25-14(12)8-20(13,5)18(17)23/h9,12-14,16-18,22-23H,3-4,6-8H2,1-2,5H3/t12-,13+,14-,16+,17+,18+,20-/m1/s1. The van der Waals surface area contributed by atoms with Crippen LogP contribution in [0.3, 0.4) is 0 Å². The first-order valence-corrected chi connectivity index (χ1v) is 9.20. The monoisotopic (exact) mass is 364 g/mol. The number of ether oxygens (including phenoxy) is 2. The Bertz CT molecular complexity index is 653. The lowest BCUT2D eigenvalue weighted by Gasteiger charge is -2.55. The Morgan fingerprint density at radius 2 is 2.04 bits per heavy atom. The number of fused-ring (bicyclic) bond motifs is 2. The molecule has 6 heteroatoms. The van der Waals surface area contributed by atoms with E-state index in [1.807, 2.05) is 20.8 Å². The van der Waals surface area contributed by atoms with Crippen LogP contribution in [0.4, 0.5) is 0 Å². The fourth-order valence-corrected chi connectivity index (χ4v) is 4.78. The lowest BCUT2D eigenvalue weighted by Crippen LogP contribution is -2.61. The van der Waals surface area contributed by atoms with Crippen molar-refractivity contribution in [3.05, 3.63) is 24.3 Å². The fourth-order valence-electron chi connectivity index (χ4n) is 4.78. The van der Waals surface area contributed by atoms with Crippen molar-refractivity contribution in [1.29, 1.82) is 0 Å². The highest BCUT2D eigenvalue weighted by Crippen LogP contribution is 2.57. The Morgan fingerprint density at radius 1 is 1.38 bits per heavy atom. The molecule has 2 aliphatic carbocycles. The zero-order valence-corrected chi connectivity index (χ0v) is 15.6. The molecule has 1 heterocycles. The molecule has 144 valence electrons. The van der Waals surface area contributed by atoms with Crippen LogP contribution in [0.1, 0.15) is 40.0 Å². The summed E-state index contributed by atoms with van der Waals surface area (Å²) in [5, 5.41) is 21.7. The van der Waals surface area contributed by atoms with Crippen LogP contribution in [-0.4, -0.2) is 46.6 Å². The molecule has 3 rings (SSSR count). The Labute approximate surface area is 153 Å². The maximum absolute atomic E-state index is 12.1. The Morgan fingerprint density at radius 3 is 2.65 bits per heavy atom. The minimum absolute atomic E-state index is 0.117. The minimum Gasteiger partial charge on any atom is -0.458 e. The van der Waals surface area contributed by atoms with E-state index in [9.17, 15) is 19.8 Å². The van der Waals surface area contributed by atoms with Crippen molar-refractivity contribution >= 4 is 11.9 Å². The second kappa shape index (κ2) is 6.50. The number of rotatable bonds is 3. The van der Waals surface area contributed by atoms with Crippen molar-refractivity contribution in [2.75, 3.05) is 0 Å². The van der Waals surface area contributed by atoms with Gasteiger partial charge < -0.3 is 19.7 Å². The van der Waals surface area contributed by atoms with E-state index in [4.69, 9.17) is 9.47 Å². The Kier molecular flexibility index (Phi) is 4.78. The van der Waals surface area contributed by atoms with Crippen molar-refractivity contribution < 1.29 is 29.3 Å². The smallest absolute Gasteiger partial charge is 0.334 e. The number of aliphatic hydroxyl groups excluding tert-OH is 2. The molecule has 1 aliphatic heterocycles. The van der Waals surface area contributed by atoms with E-state index in [-0.39, 0.29) is 30.3 Å². The highest BCUT2D eigenvalue weighted by atomic mass is 16.6. The molecule has 0 radical (unpaired) electrons. The number of carbonyl (C=O) groups excluding carboxylic acids is 2. The van der Waals surface area contributed by atoms with E-state index in [1.165, 1.54) is 0 Å². The van der Waals surface area contributed by atoms with Gasteiger partial charge in [0, 0.05) is 23.3 Å². The van der Waals surface area contributed by atoms with E-state index >= 15 is 0 Å². The SMILES string of the molecule is C=C1C(=O)O[C@@H]2C[C@]3(C)[C@@H](C[C@H]12)C(=C)[C@H](O)[C@H](OC(=O)CC(C)C)[C@@H]3O. The maximum atomic E-state index is 12.1. The second-order valence-corrected chi connectivity index (χ2v) is 8.59. The van der Waals surface area contributed by atoms with Crippen LogP contribution >= 0.6 is 0 Å². The van der Waals surface area contributed by atoms with E-state index in [1.54, 1.807) is 0 Å². The van der Waals surface area contributed by atoms with E-state index in [0.717, 1.165) is 0 Å². The molecule has 7 atom stereocenters. The van der Waals surface area contributed by atoms with E-state index < -0.39 is 35.7 Å². The number of hydrogen-bond donors (Lipinski definition) is 2. The minimum atomic E-state index is -1.14. The average Bonchev–Trinajstić information content (AvgIpc) is 2.81. The van der Waals surface area contributed by atoms with Gasteiger partial charge in [0.15, 0.2) is 6.10 Å². The highest BCUT2D eigenvalue weighted by Gasteiger charge is 2.61. The predicted octanol–water partition coefficient (Wildman–Crippen LogP) is 1.75. The quantitative estimate of drug-likeness (QED) is 0.450. The second-order valence-electron chi connectivity index (χ2n) is 8.59. The largest absolute Gasteiger partial charge is 0.458 e. The van der Waals surface area contributed by atoms with Gasteiger partial charge in [0.1, 0.15) is 12.2 Å². The first-order valence-electron chi connectivity index (χ1n) is 9.20. The number of hydrogen-bond acceptors (Lipinski definition) is 6. The first kappa shape index (κ1) is 19.1. The summed E-state index contributed by atoms with van der Waals surface area (Å²) in [5.41, 5.74) is 0.274. The van der Waals surface area contributed by atoms with Crippen molar-refractivity contribution in [2.45, 2.75) is 64.4 Å². The van der Waals surface area contributed by atoms with Crippen molar-refractivity contribution in [1.82, 2.24) is 0 Å². The molecule has 0 unspecified atom stereocenters. The summed E-state index contributed by atoms with van der Waals surface area (Å²) >= 11 is 0. The summed E-state index contributed by atoms with van der Waals surface area (Å²) in [6.45, 7) is 13.5. The molecule has 0 spiro atoms. The molecule has 3 fully saturated rings. The summed E-state index contributed by atoms with van der Waals surface area (Å²) in [7, 11) is 0. The van der Waals surface area contributed by atoms with Crippen molar-refractivity contribution in [3.63, 3.8) is 0 Å². The lowest BCUT2D eigenvalue weighted by molar-refractivity contribution is -0.196. The molecular formula is C20H28O6. The third-order valence-electron chi connectivity index (χ3n) is 6.31. The van der Waals surface area contributed by atoms with Crippen LogP contribution < -0.4 is 0 Å². The number of carbonyl (C=O) groups is 2. The summed E-state index contributed by atoms with van der Waals surface area (Å²) in [6, 6.07) is 0. The molecule has 26 heavy (non-hydrogen) atoms. The fraction of sp³-hybridized carbons (Fsp3) is 0.700. The van der Waals surface area contributed by atoms with Gasteiger partial charge in [-0.15, -0.1) is 0 Å². The van der Waals surface area contributed by atoms with Gasteiger partial charge in [-0.3, -0.25) is 4.79 Å². The number of esters is 2. The molecule has 3 aliphatic rings. The van der Waals surface area contributed by atoms with Crippen LogP contribution in [-0.2, 0) is 19.1 Å². The molecule has 0 bridgehead atoms. The third-order valence-corrected chi connectivity index (χ3v) is 6.31. The molecule has 0 aromatic carbocycles. The van der Waals surface area contributed by atoms with Crippen LogP contribution in [0.5, 0.6) is 0 Å². The van der Waals surface area contributed by atoms with Crippen molar-refractivity contribution in [3.8, 4) is 0 Å². The first-order chi connectivity index (χ1) is 12.1. The zero-order chi connectivity index (χ0) is 19.4. The summed E-state index contributed by atoms with van der Waals surface area (Å²) < 4.78 is 10.9. The molecule has 0 amide bonds. The molecule has 0 aromatic heterocycles. The average molecular weight is 364 g/mol. The molecule has 2 N–H and O–H groups in total. The third kappa shape index (κ3) is 2.89. The Hall–Kier alpha value is -1.66. The summed E-state index contributed by atoms with van der Waals surface area (Å²) in [6.07, 6.45) is -2.46. The van der Waals surface area contributed by atoms with Gasteiger partial charge in [-0.25, -0.2) is 4.79 Å². The van der Waals surface area contributed by atoms with Crippen LogP contribution in [0, 0.1) is 23.2 Å². The van der Waals surface area contributed by atoms with Gasteiger partial charge in [-0.05, 0) is 30.3 Å².